The number of benzene rings is 1. The fourth-order valence-electron chi connectivity index (χ4n) is 2.83. The first-order chi connectivity index (χ1) is 10.4. The van der Waals surface area contributed by atoms with E-state index in [1.807, 2.05) is 0 Å². The second-order valence-corrected chi connectivity index (χ2v) is 7.25. The molecule has 1 aromatic rings. The molecule has 5 nitrogen and oxygen atoms in total. The Hall–Kier alpha value is -1.47. The number of nitrogens with one attached hydrogen (secondary N) is 1. The Morgan fingerprint density at radius 1 is 1.27 bits per heavy atom. The lowest BCUT2D eigenvalue weighted by Gasteiger charge is -2.29. The molecule has 1 saturated carbocycles. The summed E-state index contributed by atoms with van der Waals surface area (Å²) >= 11 is 0. The molecule has 1 N–H and O–H groups in total. The molecule has 0 aliphatic heterocycles. The molecule has 1 aliphatic rings. The predicted molar refractivity (Wildman–Crippen MR) is 79.1 cm³/mol. The third kappa shape index (κ3) is 4.04. The minimum atomic E-state index is -3.70. The van der Waals surface area contributed by atoms with Crippen LogP contribution in [0.3, 0.4) is 0 Å². The average Bonchev–Trinajstić information content (AvgIpc) is 2.53. The van der Waals surface area contributed by atoms with E-state index in [4.69, 9.17) is 4.74 Å². The average molecular weight is 329 g/mol. The molecule has 2 unspecified atom stereocenters. The van der Waals surface area contributed by atoms with Crippen LogP contribution in [0.2, 0.25) is 0 Å². The highest BCUT2D eigenvalue weighted by atomic mass is 32.2. The molecule has 0 amide bonds. The van der Waals surface area contributed by atoms with Crippen LogP contribution in [0.5, 0.6) is 0 Å². The summed E-state index contributed by atoms with van der Waals surface area (Å²) in [7, 11) is -2.36. The molecule has 0 spiro atoms. The first-order valence-electron chi connectivity index (χ1n) is 7.27. The third-order valence-electron chi connectivity index (χ3n) is 4.07. The highest BCUT2D eigenvalue weighted by Crippen LogP contribution is 2.30. The number of carbonyl (C=O) groups is 1. The van der Waals surface area contributed by atoms with E-state index in [1.54, 1.807) is 0 Å². The second-order valence-electron chi connectivity index (χ2n) is 5.48. The Bertz CT molecular complexity index is 615. The van der Waals surface area contributed by atoms with Gasteiger partial charge in [-0.25, -0.2) is 17.5 Å². The van der Waals surface area contributed by atoms with Crippen LogP contribution in [0.25, 0.3) is 0 Å². The van der Waals surface area contributed by atoms with Gasteiger partial charge in [0.05, 0.1) is 17.9 Å². The Morgan fingerprint density at radius 3 is 2.55 bits per heavy atom. The third-order valence-corrected chi connectivity index (χ3v) is 5.51. The topological polar surface area (TPSA) is 72.5 Å². The number of hydrogen-bond acceptors (Lipinski definition) is 4. The summed E-state index contributed by atoms with van der Waals surface area (Å²) in [5.74, 6) is -1.12. The van der Waals surface area contributed by atoms with Crippen LogP contribution in [0.4, 0.5) is 4.39 Å². The molecule has 7 heteroatoms. The standard InChI is InChI=1S/C15H20FNO4S/c1-21-15(18)14-5-3-2-4-11(14)10-17-22(19,20)13-8-6-12(16)7-9-13/h6-9,11,14,17H,2-5,10H2,1H3. The van der Waals surface area contributed by atoms with E-state index in [9.17, 15) is 17.6 Å². The molecule has 0 radical (unpaired) electrons. The molecule has 1 aliphatic carbocycles. The quantitative estimate of drug-likeness (QED) is 0.840. The van der Waals surface area contributed by atoms with Gasteiger partial charge in [0.2, 0.25) is 10.0 Å². The zero-order valence-electron chi connectivity index (χ0n) is 12.4. The SMILES string of the molecule is COC(=O)C1CCCCC1CNS(=O)(=O)c1ccc(F)cc1. The molecule has 1 aromatic carbocycles. The van der Waals surface area contributed by atoms with Gasteiger partial charge in [0.1, 0.15) is 5.82 Å². The zero-order valence-corrected chi connectivity index (χ0v) is 13.2. The summed E-state index contributed by atoms with van der Waals surface area (Å²) in [5.41, 5.74) is 0. The summed E-state index contributed by atoms with van der Waals surface area (Å²) in [5, 5.41) is 0. The van der Waals surface area contributed by atoms with Gasteiger partial charge in [0.15, 0.2) is 0 Å². The van der Waals surface area contributed by atoms with Gasteiger partial charge in [0.25, 0.3) is 0 Å². The molecule has 2 rings (SSSR count). The van der Waals surface area contributed by atoms with Gasteiger partial charge in [0, 0.05) is 6.54 Å². The summed E-state index contributed by atoms with van der Waals surface area (Å²) < 4.78 is 44.5. The van der Waals surface area contributed by atoms with Gasteiger partial charge < -0.3 is 4.74 Å². The van der Waals surface area contributed by atoms with Gasteiger partial charge in [-0.15, -0.1) is 0 Å². The van der Waals surface area contributed by atoms with Crippen molar-refractivity contribution in [2.45, 2.75) is 30.6 Å². The van der Waals surface area contributed by atoms with Crippen molar-refractivity contribution < 1.29 is 22.3 Å². The number of halogens is 1. The van der Waals surface area contributed by atoms with E-state index in [0.29, 0.717) is 0 Å². The number of sulfonamides is 1. The van der Waals surface area contributed by atoms with Crippen molar-refractivity contribution in [2.75, 3.05) is 13.7 Å². The molecular formula is C15H20FNO4S. The highest BCUT2D eigenvalue weighted by Gasteiger charge is 2.32. The maximum atomic E-state index is 12.9. The first-order valence-corrected chi connectivity index (χ1v) is 8.75. The maximum Gasteiger partial charge on any atom is 0.308 e. The normalized spacial score (nSPS) is 22.3. The number of rotatable bonds is 5. The maximum absolute atomic E-state index is 12.9. The summed E-state index contributed by atoms with van der Waals surface area (Å²) in [6.07, 6.45) is 3.42. The fourth-order valence-corrected chi connectivity index (χ4v) is 3.92. The van der Waals surface area contributed by atoms with E-state index < -0.39 is 15.8 Å². The predicted octanol–water partition coefficient (Wildman–Crippen LogP) is 2.08. The van der Waals surface area contributed by atoms with Crippen molar-refractivity contribution in [2.24, 2.45) is 11.8 Å². The van der Waals surface area contributed by atoms with Crippen molar-refractivity contribution in [1.82, 2.24) is 4.72 Å². The van der Waals surface area contributed by atoms with E-state index in [-0.39, 0.29) is 29.2 Å². The zero-order chi connectivity index (χ0) is 16.2. The van der Waals surface area contributed by atoms with Crippen molar-refractivity contribution in [1.29, 1.82) is 0 Å². The van der Waals surface area contributed by atoms with Crippen LogP contribution in [0.15, 0.2) is 29.2 Å². The molecule has 0 bridgehead atoms. The van der Waals surface area contributed by atoms with Gasteiger partial charge in [-0.1, -0.05) is 12.8 Å². The number of hydrogen-bond donors (Lipinski definition) is 1. The molecule has 22 heavy (non-hydrogen) atoms. The summed E-state index contributed by atoms with van der Waals surface area (Å²) in [6, 6.07) is 4.64. The van der Waals surface area contributed by atoms with Gasteiger partial charge in [-0.2, -0.15) is 0 Å². The number of methoxy groups -OCH3 is 1. The highest BCUT2D eigenvalue weighted by molar-refractivity contribution is 7.89. The lowest BCUT2D eigenvalue weighted by atomic mass is 9.79. The molecule has 122 valence electrons. The second kappa shape index (κ2) is 7.19. The van der Waals surface area contributed by atoms with Crippen molar-refractivity contribution in [3.63, 3.8) is 0 Å². The Labute approximate surface area is 129 Å². The summed E-state index contributed by atoms with van der Waals surface area (Å²) in [6.45, 7) is 0.180. The smallest absolute Gasteiger partial charge is 0.308 e. The first kappa shape index (κ1) is 16.9. The number of ether oxygens (including phenoxy) is 1. The number of carbonyl (C=O) groups excluding carboxylic acids is 1. The van der Waals surface area contributed by atoms with Crippen LogP contribution in [0, 0.1) is 17.7 Å². The lowest BCUT2D eigenvalue weighted by Crippen LogP contribution is -2.37. The van der Waals surface area contributed by atoms with Crippen molar-refractivity contribution >= 4 is 16.0 Å². The molecule has 0 saturated heterocycles. The van der Waals surface area contributed by atoms with E-state index in [1.165, 1.54) is 19.2 Å². The Balaban J connectivity index is 2.03. The van der Waals surface area contributed by atoms with Gasteiger partial charge in [-0.05, 0) is 43.0 Å². The molecule has 0 aromatic heterocycles. The lowest BCUT2D eigenvalue weighted by molar-refractivity contribution is -0.148. The molecule has 2 atom stereocenters. The van der Waals surface area contributed by atoms with Crippen molar-refractivity contribution in [3.05, 3.63) is 30.1 Å². The Kier molecular flexibility index (Phi) is 5.52. The summed E-state index contributed by atoms with van der Waals surface area (Å²) in [4.78, 5) is 11.8. The fraction of sp³-hybridized carbons (Fsp3) is 0.533. The van der Waals surface area contributed by atoms with Crippen LogP contribution in [0.1, 0.15) is 25.7 Å². The van der Waals surface area contributed by atoms with E-state index in [0.717, 1.165) is 37.8 Å². The molecule has 1 fully saturated rings. The van der Waals surface area contributed by atoms with E-state index in [2.05, 4.69) is 4.72 Å². The van der Waals surface area contributed by atoms with Gasteiger partial charge in [-0.3, -0.25) is 4.79 Å². The van der Waals surface area contributed by atoms with Crippen LogP contribution >= 0.6 is 0 Å². The van der Waals surface area contributed by atoms with Crippen LogP contribution in [-0.4, -0.2) is 28.0 Å². The van der Waals surface area contributed by atoms with Crippen LogP contribution in [-0.2, 0) is 19.6 Å². The molecule has 0 heterocycles. The molecular weight excluding hydrogens is 309 g/mol. The minimum Gasteiger partial charge on any atom is -0.469 e. The van der Waals surface area contributed by atoms with E-state index >= 15 is 0 Å². The van der Waals surface area contributed by atoms with Gasteiger partial charge >= 0.3 is 5.97 Å². The van der Waals surface area contributed by atoms with Crippen molar-refractivity contribution in [3.8, 4) is 0 Å². The Morgan fingerprint density at radius 2 is 1.91 bits per heavy atom. The largest absolute Gasteiger partial charge is 0.469 e. The number of esters is 1. The monoisotopic (exact) mass is 329 g/mol. The van der Waals surface area contributed by atoms with Crippen LogP contribution < -0.4 is 4.72 Å². The minimum absolute atomic E-state index is 0.0133.